The molecule has 9 heteroatoms. The van der Waals surface area contributed by atoms with Crippen molar-refractivity contribution in [3.05, 3.63) is 47.7 Å². The van der Waals surface area contributed by atoms with Crippen LogP contribution in [0, 0.1) is 5.41 Å². The zero-order valence-electron chi connectivity index (χ0n) is 15.6. The molecule has 2 aliphatic rings. The summed E-state index contributed by atoms with van der Waals surface area (Å²) in [5.41, 5.74) is 7.04. The molecule has 1 fully saturated rings. The topological polar surface area (TPSA) is 129 Å². The summed E-state index contributed by atoms with van der Waals surface area (Å²) in [6.07, 6.45) is 5.53. The van der Waals surface area contributed by atoms with Crippen molar-refractivity contribution in [2.24, 2.45) is 10.7 Å². The van der Waals surface area contributed by atoms with Crippen molar-refractivity contribution in [2.45, 2.75) is 6.42 Å². The molecule has 1 aromatic heterocycles. The van der Waals surface area contributed by atoms with Crippen LogP contribution in [0.2, 0.25) is 0 Å². The van der Waals surface area contributed by atoms with E-state index < -0.39 is 0 Å². The number of aliphatic imine (C=N–C) groups is 1. The first-order valence-electron chi connectivity index (χ1n) is 9.24. The highest BCUT2D eigenvalue weighted by Gasteiger charge is 2.17. The fourth-order valence-electron chi connectivity index (χ4n) is 2.94. The fraction of sp³-hybridized carbons (Fsp3) is 0.368. The molecule has 3 heterocycles. The van der Waals surface area contributed by atoms with E-state index in [1.54, 1.807) is 24.5 Å². The monoisotopic (exact) mass is 383 g/mol. The van der Waals surface area contributed by atoms with Gasteiger partial charge in [0.25, 0.3) is 5.91 Å². The molecule has 28 heavy (non-hydrogen) atoms. The van der Waals surface area contributed by atoms with E-state index in [1.165, 1.54) is 6.21 Å². The van der Waals surface area contributed by atoms with Gasteiger partial charge in [-0.2, -0.15) is 0 Å². The van der Waals surface area contributed by atoms with Gasteiger partial charge in [0.2, 0.25) is 0 Å². The van der Waals surface area contributed by atoms with E-state index in [1.807, 2.05) is 6.07 Å². The number of rotatable bonds is 7. The van der Waals surface area contributed by atoms with Gasteiger partial charge in [-0.25, -0.2) is 4.99 Å². The van der Waals surface area contributed by atoms with Crippen molar-refractivity contribution < 1.29 is 9.53 Å². The molecule has 9 nitrogen and oxygen atoms in total. The number of ether oxygens (including phenoxy) is 1. The van der Waals surface area contributed by atoms with Crippen LogP contribution in [0.5, 0.6) is 0 Å². The lowest BCUT2D eigenvalue weighted by Crippen LogP contribution is -2.38. The molecule has 0 bridgehead atoms. The van der Waals surface area contributed by atoms with Crippen LogP contribution in [0.3, 0.4) is 0 Å². The van der Waals surface area contributed by atoms with Gasteiger partial charge in [0.15, 0.2) is 0 Å². The summed E-state index contributed by atoms with van der Waals surface area (Å²) in [7, 11) is 0. The highest BCUT2D eigenvalue weighted by Crippen LogP contribution is 2.17. The third kappa shape index (κ3) is 5.24. The van der Waals surface area contributed by atoms with Gasteiger partial charge in [-0.1, -0.05) is 6.07 Å². The lowest BCUT2D eigenvalue weighted by molar-refractivity contribution is -0.117. The number of hydrogen-bond acceptors (Lipinski definition) is 7. The number of pyridine rings is 1. The first-order valence-corrected chi connectivity index (χ1v) is 9.24. The molecule has 1 aromatic rings. The zero-order chi connectivity index (χ0) is 19.8. The second-order valence-electron chi connectivity index (χ2n) is 6.42. The lowest BCUT2D eigenvalue weighted by Gasteiger charge is -2.26. The van der Waals surface area contributed by atoms with Crippen LogP contribution in [0.1, 0.15) is 12.1 Å². The van der Waals surface area contributed by atoms with Crippen molar-refractivity contribution in [2.75, 3.05) is 39.4 Å². The largest absolute Gasteiger partial charge is 0.384 e. The van der Waals surface area contributed by atoms with Crippen LogP contribution in [0.4, 0.5) is 0 Å². The van der Waals surface area contributed by atoms with Gasteiger partial charge in [-0.05, 0) is 25.1 Å². The Balaban J connectivity index is 1.53. The van der Waals surface area contributed by atoms with Gasteiger partial charge in [0.1, 0.15) is 11.7 Å². The molecule has 0 spiro atoms. The van der Waals surface area contributed by atoms with Gasteiger partial charge in [-0.3, -0.25) is 20.1 Å². The summed E-state index contributed by atoms with van der Waals surface area (Å²) in [5, 5.41) is 13.7. The Morgan fingerprint density at radius 1 is 1.36 bits per heavy atom. The van der Waals surface area contributed by atoms with Crippen LogP contribution in [0.15, 0.2) is 47.0 Å². The molecule has 0 atom stereocenters. The summed E-state index contributed by atoms with van der Waals surface area (Å²) in [5.74, 6) is 0.0392. The lowest BCUT2D eigenvalue weighted by atomic mass is 10.1. The number of amidine groups is 1. The molecule has 1 amide bonds. The van der Waals surface area contributed by atoms with Crippen LogP contribution in [-0.2, 0) is 9.53 Å². The van der Waals surface area contributed by atoms with Crippen LogP contribution >= 0.6 is 0 Å². The Morgan fingerprint density at radius 3 is 2.82 bits per heavy atom. The number of hydrogen-bond donors (Lipinski definition) is 4. The second-order valence-corrected chi connectivity index (χ2v) is 6.42. The standard InChI is InChI=1S/C19H25N7O2/c20-17(21)16(15-4-1-2-5-22-15)18-24-12-14(13-25-18)19(27)23-6-3-7-26-8-10-28-11-9-26/h1-2,4-5,12-13,24H,3,6-11H2,(H3,20,21)(H,23,27)/b18-16-. The van der Waals surface area contributed by atoms with E-state index in [4.69, 9.17) is 15.9 Å². The molecular weight excluding hydrogens is 358 g/mol. The number of nitrogens with one attached hydrogen (secondary N) is 3. The predicted molar refractivity (Wildman–Crippen MR) is 108 cm³/mol. The van der Waals surface area contributed by atoms with Gasteiger partial charge >= 0.3 is 0 Å². The van der Waals surface area contributed by atoms with Gasteiger partial charge in [0.05, 0.1) is 30.1 Å². The first-order chi connectivity index (χ1) is 13.6. The Morgan fingerprint density at radius 2 is 2.18 bits per heavy atom. The quantitative estimate of drug-likeness (QED) is 0.300. The molecule has 2 aliphatic heterocycles. The molecule has 0 unspecified atom stereocenters. The van der Waals surface area contributed by atoms with Crippen molar-refractivity contribution in [1.82, 2.24) is 20.5 Å². The average Bonchev–Trinajstić information content (AvgIpc) is 2.73. The third-order valence-corrected chi connectivity index (χ3v) is 4.43. The highest BCUT2D eigenvalue weighted by molar-refractivity contribution is 6.21. The van der Waals surface area contributed by atoms with E-state index in [0.717, 1.165) is 39.3 Å². The van der Waals surface area contributed by atoms with E-state index >= 15 is 0 Å². The normalized spacial score (nSPS) is 18.8. The number of carbonyl (C=O) groups is 1. The maximum absolute atomic E-state index is 12.3. The molecule has 1 saturated heterocycles. The summed E-state index contributed by atoms with van der Waals surface area (Å²) in [6.45, 7) is 4.97. The van der Waals surface area contributed by atoms with Crippen molar-refractivity contribution in [3.8, 4) is 0 Å². The fourth-order valence-corrected chi connectivity index (χ4v) is 2.94. The summed E-state index contributed by atoms with van der Waals surface area (Å²) < 4.78 is 5.32. The number of aromatic nitrogens is 1. The highest BCUT2D eigenvalue weighted by atomic mass is 16.5. The molecule has 0 saturated carbocycles. The molecule has 0 aliphatic carbocycles. The number of morpholine rings is 1. The van der Waals surface area contributed by atoms with E-state index in [9.17, 15) is 4.79 Å². The van der Waals surface area contributed by atoms with Gasteiger partial charge in [-0.15, -0.1) is 0 Å². The minimum atomic E-state index is -0.195. The van der Waals surface area contributed by atoms with Gasteiger partial charge in [0, 0.05) is 38.2 Å². The summed E-state index contributed by atoms with van der Waals surface area (Å²) in [6, 6.07) is 5.34. The molecular formula is C19H25N7O2. The third-order valence-electron chi connectivity index (χ3n) is 4.43. The van der Waals surface area contributed by atoms with Crippen LogP contribution in [-0.4, -0.2) is 67.2 Å². The SMILES string of the molecule is N=C(N)/C(=C1\N=CC(C(=O)NCCCN2CCOCC2)=CN1)c1ccccn1. The minimum Gasteiger partial charge on any atom is -0.384 e. The van der Waals surface area contributed by atoms with Crippen LogP contribution < -0.4 is 16.4 Å². The summed E-state index contributed by atoms with van der Waals surface area (Å²) in [4.78, 5) is 23.1. The minimum absolute atomic E-state index is 0.150. The van der Waals surface area contributed by atoms with E-state index in [2.05, 4.69) is 25.5 Å². The molecule has 0 aromatic carbocycles. The Hall–Kier alpha value is -3.04. The smallest absolute Gasteiger partial charge is 0.254 e. The maximum Gasteiger partial charge on any atom is 0.254 e. The van der Waals surface area contributed by atoms with Gasteiger partial charge < -0.3 is 21.1 Å². The van der Waals surface area contributed by atoms with Crippen molar-refractivity contribution in [3.63, 3.8) is 0 Å². The molecule has 148 valence electrons. The number of amides is 1. The Bertz CT molecular complexity index is 796. The average molecular weight is 383 g/mol. The van der Waals surface area contributed by atoms with E-state index in [0.29, 0.717) is 29.2 Å². The zero-order valence-corrected chi connectivity index (χ0v) is 15.6. The Labute approximate surface area is 163 Å². The Kier molecular flexibility index (Phi) is 6.88. The molecule has 0 radical (unpaired) electrons. The maximum atomic E-state index is 12.3. The second kappa shape index (κ2) is 9.77. The summed E-state index contributed by atoms with van der Waals surface area (Å²) >= 11 is 0. The van der Waals surface area contributed by atoms with Crippen molar-refractivity contribution >= 4 is 23.5 Å². The first kappa shape index (κ1) is 19.7. The van der Waals surface area contributed by atoms with Crippen LogP contribution in [0.25, 0.3) is 5.57 Å². The van der Waals surface area contributed by atoms with Crippen molar-refractivity contribution in [1.29, 1.82) is 5.41 Å². The number of nitrogens with two attached hydrogens (primary N) is 1. The number of nitrogens with zero attached hydrogens (tertiary/aromatic N) is 3. The van der Waals surface area contributed by atoms with E-state index in [-0.39, 0.29) is 11.7 Å². The molecule has 3 rings (SSSR count). The number of carbonyl (C=O) groups excluding carboxylic acids is 1. The molecule has 5 N–H and O–H groups in total. The predicted octanol–water partition coefficient (Wildman–Crippen LogP) is 0.0826.